The van der Waals surface area contributed by atoms with Crippen molar-refractivity contribution >= 4 is 33.1 Å². The summed E-state index contributed by atoms with van der Waals surface area (Å²) in [7, 11) is 1.60. The summed E-state index contributed by atoms with van der Waals surface area (Å²) in [6, 6.07) is 11.7. The molecule has 0 spiro atoms. The molecule has 8 heteroatoms. The van der Waals surface area contributed by atoms with Gasteiger partial charge in [0, 0.05) is 23.7 Å². The van der Waals surface area contributed by atoms with Crippen LogP contribution in [0, 0.1) is 13.8 Å². The smallest absolute Gasteiger partial charge is 0.263 e. The molecule has 7 nitrogen and oxygen atoms in total. The molecule has 0 fully saturated rings. The number of nitrogen functional groups attached to an aromatic ring is 1. The molecule has 0 atom stereocenters. The number of aryl methyl sites for hydroxylation is 2. The van der Waals surface area contributed by atoms with Gasteiger partial charge < -0.3 is 15.8 Å². The van der Waals surface area contributed by atoms with Gasteiger partial charge in [-0.25, -0.2) is 4.98 Å². The highest BCUT2D eigenvalue weighted by atomic mass is 32.1. The van der Waals surface area contributed by atoms with Crippen LogP contribution in [0.15, 0.2) is 42.6 Å². The van der Waals surface area contributed by atoms with Crippen molar-refractivity contribution in [1.29, 1.82) is 0 Å². The van der Waals surface area contributed by atoms with Crippen molar-refractivity contribution < 1.29 is 9.53 Å². The van der Waals surface area contributed by atoms with Gasteiger partial charge in [0.05, 0.1) is 18.5 Å². The van der Waals surface area contributed by atoms with Crippen molar-refractivity contribution in [3.05, 3.63) is 64.3 Å². The SMILES string of the molecule is COc1ncccc1-c1ccc(CNC(=O)c2sc3nnc(C)c(C)c3c2N)cc1. The predicted octanol–water partition coefficient (Wildman–Crippen LogP) is 3.89. The Morgan fingerprint density at radius 1 is 1.17 bits per heavy atom. The third-order valence-electron chi connectivity index (χ3n) is 5.02. The van der Waals surface area contributed by atoms with Gasteiger partial charge >= 0.3 is 0 Å². The average Bonchev–Trinajstić information content (AvgIpc) is 3.12. The third kappa shape index (κ3) is 3.57. The molecular weight excluding hydrogens is 398 g/mol. The van der Waals surface area contributed by atoms with Gasteiger partial charge in [-0.3, -0.25) is 4.79 Å². The number of hydrogen-bond acceptors (Lipinski definition) is 7. The molecule has 3 heterocycles. The largest absolute Gasteiger partial charge is 0.481 e. The normalized spacial score (nSPS) is 10.9. The lowest BCUT2D eigenvalue weighted by Gasteiger charge is -2.09. The van der Waals surface area contributed by atoms with E-state index >= 15 is 0 Å². The Morgan fingerprint density at radius 2 is 1.93 bits per heavy atom. The van der Waals surface area contributed by atoms with Crippen LogP contribution >= 0.6 is 11.3 Å². The molecule has 4 rings (SSSR count). The molecule has 3 aromatic heterocycles. The fraction of sp³-hybridized carbons (Fsp3) is 0.182. The van der Waals surface area contributed by atoms with E-state index in [0.29, 0.717) is 27.8 Å². The van der Waals surface area contributed by atoms with Gasteiger partial charge in [0.15, 0.2) is 0 Å². The molecule has 4 aromatic rings. The Hall–Kier alpha value is -3.52. The first-order valence-corrected chi connectivity index (χ1v) is 10.2. The zero-order valence-corrected chi connectivity index (χ0v) is 17.7. The third-order valence-corrected chi connectivity index (χ3v) is 6.11. The maximum absolute atomic E-state index is 12.7. The number of nitrogens with one attached hydrogen (secondary N) is 1. The summed E-state index contributed by atoms with van der Waals surface area (Å²) in [5.41, 5.74) is 11.4. The maximum Gasteiger partial charge on any atom is 0.263 e. The Labute approximate surface area is 177 Å². The number of amides is 1. The number of ether oxygens (including phenoxy) is 1. The van der Waals surface area contributed by atoms with E-state index in [1.165, 1.54) is 11.3 Å². The molecule has 0 aliphatic carbocycles. The van der Waals surface area contributed by atoms with E-state index in [0.717, 1.165) is 33.3 Å². The molecule has 0 unspecified atom stereocenters. The fourth-order valence-electron chi connectivity index (χ4n) is 3.25. The molecule has 1 amide bonds. The number of rotatable bonds is 5. The molecule has 30 heavy (non-hydrogen) atoms. The van der Waals surface area contributed by atoms with Crippen LogP contribution in [-0.4, -0.2) is 28.2 Å². The summed E-state index contributed by atoms with van der Waals surface area (Å²) < 4.78 is 5.32. The number of benzene rings is 1. The van der Waals surface area contributed by atoms with Gasteiger partial charge in [0.25, 0.3) is 5.91 Å². The number of pyridine rings is 1. The number of nitrogens with two attached hydrogens (primary N) is 1. The zero-order chi connectivity index (χ0) is 21.3. The van der Waals surface area contributed by atoms with Crippen molar-refractivity contribution in [2.45, 2.75) is 20.4 Å². The predicted molar refractivity (Wildman–Crippen MR) is 119 cm³/mol. The van der Waals surface area contributed by atoms with Crippen LogP contribution in [0.5, 0.6) is 5.88 Å². The molecular formula is C22H21N5O2S. The van der Waals surface area contributed by atoms with E-state index in [1.54, 1.807) is 13.3 Å². The van der Waals surface area contributed by atoms with E-state index in [-0.39, 0.29) is 5.91 Å². The number of carbonyl (C=O) groups excluding carboxylic acids is 1. The highest BCUT2D eigenvalue weighted by Crippen LogP contribution is 2.34. The molecule has 0 saturated heterocycles. The molecule has 3 N–H and O–H groups in total. The topological polar surface area (TPSA) is 103 Å². The first-order valence-electron chi connectivity index (χ1n) is 9.38. The molecule has 152 valence electrons. The van der Waals surface area contributed by atoms with Crippen LogP contribution < -0.4 is 15.8 Å². The Morgan fingerprint density at radius 3 is 2.67 bits per heavy atom. The molecule has 1 aromatic carbocycles. The van der Waals surface area contributed by atoms with Crippen molar-refractivity contribution in [1.82, 2.24) is 20.5 Å². The molecule has 0 aliphatic heterocycles. The minimum absolute atomic E-state index is 0.217. The fourth-order valence-corrected chi connectivity index (χ4v) is 4.26. The lowest BCUT2D eigenvalue weighted by molar-refractivity contribution is 0.0956. The monoisotopic (exact) mass is 419 g/mol. The lowest BCUT2D eigenvalue weighted by atomic mass is 10.1. The van der Waals surface area contributed by atoms with Crippen LogP contribution in [0.1, 0.15) is 26.5 Å². The Balaban J connectivity index is 1.50. The van der Waals surface area contributed by atoms with E-state index in [4.69, 9.17) is 10.5 Å². The van der Waals surface area contributed by atoms with E-state index in [1.807, 2.05) is 50.2 Å². The minimum Gasteiger partial charge on any atom is -0.481 e. The second-order valence-electron chi connectivity index (χ2n) is 6.88. The summed E-state index contributed by atoms with van der Waals surface area (Å²) in [5.74, 6) is 0.359. The van der Waals surface area contributed by atoms with E-state index in [2.05, 4.69) is 20.5 Å². The summed E-state index contributed by atoms with van der Waals surface area (Å²) in [6.45, 7) is 4.21. The summed E-state index contributed by atoms with van der Waals surface area (Å²) in [5, 5.41) is 12.0. The number of fused-ring (bicyclic) bond motifs is 1. The molecule has 0 radical (unpaired) electrons. The van der Waals surface area contributed by atoms with Crippen LogP contribution in [0.3, 0.4) is 0 Å². The number of methoxy groups -OCH3 is 1. The maximum atomic E-state index is 12.7. The van der Waals surface area contributed by atoms with Crippen molar-refractivity contribution in [2.75, 3.05) is 12.8 Å². The first kappa shape index (κ1) is 19.8. The number of hydrogen-bond donors (Lipinski definition) is 2. The van der Waals surface area contributed by atoms with Gasteiger partial charge in [-0.2, -0.15) is 5.10 Å². The van der Waals surface area contributed by atoms with Crippen LogP contribution in [0.2, 0.25) is 0 Å². The minimum atomic E-state index is -0.217. The highest BCUT2D eigenvalue weighted by molar-refractivity contribution is 7.21. The van der Waals surface area contributed by atoms with Crippen LogP contribution in [0.4, 0.5) is 5.69 Å². The van der Waals surface area contributed by atoms with Crippen LogP contribution in [0.25, 0.3) is 21.3 Å². The van der Waals surface area contributed by atoms with Gasteiger partial charge in [-0.05, 0) is 42.7 Å². The lowest BCUT2D eigenvalue weighted by Crippen LogP contribution is -2.22. The number of nitrogens with zero attached hydrogens (tertiary/aromatic N) is 3. The number of thiophene rings is 1. The number of anilines is 1. The molecule has 0 bridgehead atoms. The summed E-state index contributed by atoms with van der Waals surface area (Å²) in [6.07, 6.45) is 1.69. The number of carbonyl (C=O) groups is 1. The quantitative estimate of drug-likeness (QED) is 0.509. The summed E-state index contributed by atoms with van der Waals surface area (Å²) >= 11 is 1.26. The van der Waals surface area contributed by atoms with Gasteiger partial charge in [0.1, 0.15) is 9.71 Å². The van der Waals surface area contributed by atoms with Gasteiger partial charge in [-0.1, -0.05) is 24.3 Å². The Kier molecular flexibility index (Phi) is 5.33. The second kappa shape index (κ2) is 8.08. The van der Waals surface area contributed by atoms with Crippen LogP contribution in [-0.2, 0) is 6.54 Å². The standard InChI is InChI=1S/C22H21N5O2S/c1-12-13(2)26-27-22-17(12)18(23)19(30-22)20(28)25-11-14-6-8-15(9-7-14)16-5-4-10-24-21(16)29-3/h4-10H,11,23H2,1-3H3,(H,25,28). The molecule has 0 aliphatic rings. The average molecular weight is 420 g/mol. The zero-order valence-electron chi connectivity index (χ0n) is 16.9. The van der Waals surface area contributed by atoms with E-state index < -0.39 is 0 Å². The van der Waals surface area contributed by atoms with E-state index in [9.17, 15) is 4.79 Å². The van der Waals surface area contributed by atoms with Crippen molar-refractivity contribution in [3.8, 4) is 17.0 Å². The molecule has 0 saturated carbocycles. The van der Waals surface area contributed by atoms with Gasteiger partial charge in [-0.15, -0.1) is 16.4 Å². The second-order valence-corrected chi connectivity index (χ2v) is 7.87. The number of aromatic nitrogens is 3. The van der Waals surface area contributed by atoms with Crippen molar-refractivity contribution in [3.63, 3.8) is 0 Å². The van der Waals surface area contributed by atoms with Crippen molar-refractivity contribution in [2.24, 2.45) is 0 Å². The highest BCUT2D eigenvalue weighted by Gasteiger charge is 2.19. The van der Waals surface area contributed by atoms with Gasteiger partial charge in [0.2, 0.25) is 5.88 Å². The summed E-state index contributed by atoms with van der Waals surface area (Å²) in [4.78, 5) is 18.1. The first-order chi connectivity index (χ1) is 14.5. The Bertz CT molecular complexity index is 1230.